The highest BCUT2D eigenvalue weighted by Gasteiger charge is 2.25. The molecular weight excluding hydrogens is 422 g/mol. The minimum atomic E-state index is -0.242. The van der Waals surface area contributed by atoms with Crippen molar-refractivity contribution in [1.29, 1.82) is 0 Å². The zero-order valence-corrected chi connectivity index (χ0v) is 17.9. The zero-order chi connectivity index (χ0) is 21.1. The van der Waals surface area contributed by atoms with Gasteiger partial charge in [-0.05, 0) is 35.9 Å². The fourth-order valence-electron chi connectivity index (χ4n) is 3.04. The molecule has 0 N–H and O–H groups in total. The number of benzene rings is 2. The summed E-state index contributed by atoms with van der Waals surface area (Å²) in [6, 6.07) is 14.4. The van der Waals surface area contributed by atoms with Gasteiger partial charge in [0, 0.05) is 18.5 Å². The zero-order valence-electron chi connectivity index (χ0n) is 16.3. The van der Waals surface area contributed by atoms with Gasteiger partial charge in [0.15, 0.2) is 5.13 Å². The molecule has 4 aromatic rings. The lowest BCUT2D eigenvalue weighted by Crippen LogP contribution is -2.30. The van der Waals surface area contributed by atoms with Crippen molar-refractivity contribution in [3.05, 3.63) is 77.1 Å². The van der Waals surface area contributed by atoms with E-state index in [9.17, 15) is 4.79 Å². The van der Waals surface area contributed by atoms with Crippen molar-refractivity contribution >= 4 is 44.2 Å². The quantitative estimate of drug-likeness (QED) is 0.412. The lowest BCUT2D eigenvalue weighted by Gasteiger charge is -2.21. The fourth-order valence-corrected chi connectivity index (χ4v) is 4.30. The van der Waals surface area contributed by atoms with Crippen LogP contribution in [0.1, 0.15) is 15.9 Å². The Labute approximate surface area is 182 Å². The predicted octanol–water partition coefficient (Wildman–Crippen LogP) is 5.21. The van der Waals surface area contributed by atoms with Crippen LogP contribution in [-0.2, 0) is 6.54 Å². The van der Waals surface area contributed by atoms with E-state index in [0.29, 0.717) is 39.3 Å². The largest absolute Gasteiger partial charge is 0.497 e. The summed E-state index contributed by atoms with van der Waals surface area (Å²) in [7, 11) is 3.09. The molecule has 30 heavy (non-hydrogen) atoms. The first-order valence-electron chi connectivity index (χ1n) is 9.08. The molecule has 2 aromatic heterocycles. The lowest BCUT2D eigenvalue weighted by atomic mass is 10.1. The van der Waals surface area contributed by atoms with Gasteiger partial charge >= 0.3 is 0 Å². The Bertz CT molecular complexity index is 1200. The third-order valence-electron chi connectivity index (χ3n) is 4.54. The number of halogens is 1. The van der Waals surface area contributed by atoms with Crippen molar-refractivity contribution in [2.75, 3.05) is 19.1 Å². The van der Waals surface area contributed by atoms with Crippen LogP contribution in [0.3, 0.4) is 0 Å². The monoisotopic (exact) mass is 439 g/mol. The van der Waals surface area contributed by atoms with Gasteiger partial charge in [-0.15, -0.1) is 0 Å². The number of pyridine rings is 1. The number of carbonyl (C=O) groups is 1. The van der Waals surface area contributed by atoms with E-state index < -0.39 is 0 Å². The summed E-state index contributed by atoms with van der Waals surface area (Å²) in [6.07, 6.45) is 3.42. The molecule has 4 rings (SSSR count). The maximum absolute atomic E-state index is 13.6. The highest BCUT2D eigenvalue weighted by molar-refractivity contribution is 7.22. The van der Waals surface area contributed by atoms with Crippen LogP contribution in [0.25, 0.3) is 10.2 Å². The molecule has 0 aliphatic heterocycles. The van der Waals surface area contributed by atoms with E-state index in [1.54, 1.807) is 48.7 Å². The molecule has 8 heteroatoms. The summed E-state index contributed by atoms with van der Waals surface area (Å²) in [6.45, 7) is 0.305. The molecule has 0 aliphatic carbocycles. The van der Waals surface area contributed by atoms with Crippen LogP contribution >= 0.6 is 22.9 Å². The first kappa shape index (κ1) is 20.1. The Kier molecular flexibility index (Phi) is 5.83. The normalized spacial score (nSPS) is 10.8. The number of hydrogen-bond donors (Lipinski definition) is 0. The summed E-state index contributed by atoms with van der Waals surface area (Å²) in [5, 5.41) is 1.09. The molecule has 2 heterocycles. The minimum Gasteiger partial charge on any atom is -0.497 e. The van der Waals surface area contributed by atoms with Crippen LogP contribution in [0.2, 0.25) is 5.02 Å². The number of aromatic nitrogens is 2. The number of hydrogen-bond acceptors (Lipinski definition) is 6. The number of anilines is 1. The maximum Gasteiger partial charge on any atom is 0.264 e. The number of para-hydroxylation sites is 1. The van der Waals surface area contributed by atoms with Gasteiger partial charge < -0.3 is 9.47 Å². The smallest absolute Gasteiger partial charge is 0.264 e. The number of ether oxygens (including phenoxy) is 2. The Balaban J connectivity index is 1.80. The first-order valence-corrected chi connectivity index (χ1v) is 10.3. The topological polar surface area (TPSA) is 64.5 Å². The molecular formula is C22H18ClN3O3S. The Morgan fingerprint density at radius 2 is 2.00 bits per heavy atom. The Hall–Kier alpha value is -3.16. The molecule has 0 spiro atoms. The molecule has 2 aromatic carbocycles. The second kappa shape index (κ2) is 8.69. The van der Waals surface area contributed by atoms with Crippen LogP contribution in [0.4, 0.5) is 5.13 Å². The lowest BCUT2D eigenvalue weighted by molar-refractivity contribution is 0.0982. The molecule has 0 unspecified atom stereocenters. The molecule has 152 valence electrons. The third kappa shape index (κ3) is 3.94. The number of thiazole rings is 1. The third-order valence-corrected chi connectivity index (χ3v) is 5.89. The van der Waals surface area contributed by atoms with Gasteiger partial charge in [0.05, 0.1) is 36.1 Å². The molecule has 0 saturated heterocycles. The highest BCUT2D eigenvalue weighted by Crippen LogP contribution is 2.35. The van der Waals surface area contributed by atoms with E-state index in [0.717, 1.165) is 10.3 Å². The van der Waals surface area contributed by atoms with Crippen molar-refractivity contribution < 1.29 is 14.3 Å². The van der Waals surface area contributed by atoms with E-state index >= 15 is 0 Å². The molecule has 1 amide bonds. The summed E-state index contributed by atoms with van der Waals surface area (Å²) < 4.78 is 11.6. The van der Waals surface area contributed by atoms with Gasteiger partial charge in [-0.2, -0.15) is 0 Å². The number of rotatable bonds is 6. The SMILES string of the molecule is COc1ccc(C(=O)N(Cc2cccnc2)c2nc3c(Cl)cccc3s2)c(OC)c1. The average molecular weight is 440 g/mol. The van der Waals surface area contributed by atoms with Gasteiger partial charge in [-0.25, -0.2) is 4.98 Å². The summed E-state index contributed by atoms with van der Waals surface area (Å²) in [5.74, 6) is 0.789. The number of carbonyl (C=O) groups excluding carboxylic acids is 1. The van der Waals surface area contributed by atoms with Crippen LogP contribution in [-0.4, -0.2) is 30.1 Å². The van der Waals surface area contributed by atoms with Gasteiger partial charge in [0.25, 0.3) is 5.91 Å². The second-order valence-corrected chi connectivity index (χ2v) is 7.82. The van der Waals surface area contributed by atoms with E-state index in [-0.39, 0.29) is 5.91 Å². The number of amides is 1. The van der Waals surface area contributed by atoms with Crippen LogP contribution in [0.5, 0.6) is 11.5 Å². The van der Waals surface area contributed by atoms with Crippen molar-refractivity contribution in [2.45, 2.75) is 6.54 Å². The van der Waals surface area contributed by atoms with E-state index in [1.807, 2.05) is 24.3 Å². The van der Waals surface area contributed by atoms with Crippen molar-refractivity contribution in [3.63, 3.8) is 0 Å². The summed E-state index contributed by atoms with van der Waals surface area (Å²) >= 11 is 7.72. The van der Waals surface area contributed by atoms with Gasteiger partial charge in [-0.1, -0.05) is 35.1 Å². The molecule has 0 radical (unpaired) electrons. The Morgan fingerprint density at radius 1 is 1.13 bits per heavy atom. The molecule has 0 bridgehead atoms. The minimum absolute atomic E-state index is 0.242. The van der Waals surface area contributed by atoms with Gasteiger partial charge in [0.2, 0.25) is 0 Å². The van der Waals surface area contributed by atoms with Crippen LogP contribution in [0.15, 0.2) is 60.9 Å². The number of methoxy groups -OCH3 is 2. The molecule has 0 aliphatic rings. The second-order valence-electron chi connectivity index (χ2n) is 6.40. The first-order chi connectivity index (χ1) is 14.6. The van der Waals surface area contributed by atoms with E-state index in [4.69, 9.17) is 21.1 Å². The summed E-state index contributed by atoms with van der Waals surface area (Å²) in [5.41, 5.74) is 1.96. The maximum atomic E-state index is 13.6. The molecule has 0 atom stereocenters. The van der Waals surface area contributed by atoms with Gasteiger partial charge in [-0.3, -0.25) is 14.7 Å². The number of nitrogens with zero attached hydrogens (tertiary/aromatic N) is 3. The highest BCUT2D eigenvalue weighted by atomic mass is 35.5. The standard InChI is InChI=1S/C22H18ClN3O3S/c1-28-15-8-9-16(18(11-15)29-2)21(27)26(13-14-5-4-10-24-12-14)22-25-20-17(23)6-3-7-19(20)30-22/h3-12H,13H2,1-2H3. The Morgan fingerprint density at radius 3 is 2.70 bits per heavy atom. The van der Waals surface area contributed by atoms with E-state index in [1.165, 1.54) is 18.4 Å². The predicted molar refractivity (Wildman–Crippen MR) is 119 cm³/mol. The summed E-state index contributed by atoms with van der Waals surface area (Å²) in [4.78, 5) is 24.0. The average Bonchev–Trinajstić information content (AvgIpc) is 3.22. The van der Waals surface area contributed by atoms with Crippen LogP contribution < -0.4 is 14.4 Å². The van der Waals surface area contributed by atoms with Crippen molar-refractivity contribution in [1.82, 2.24) is 9.97 Å². The fraction of sp³-hybridized carbons (Fsp3) is 0.136. The number of fused-ring (bicyclic) bond motifs is 1. The molecule has 0 saturated carbocycles. The molecule has 0 fully saturated rings. The van der Waals surface area contributed by atoms with Crippen molar-refractivity contribution in [3.8, 4) is 11.5 Å². The van der Waals surface area contributed by atoms with Crippen molar-refractivity contribution in [2.24, 2.45) is 0 Å². The van der Waals surface area contributed by atoms with Gasteiger partial charge in [0.1, 0.15) is 17.0 Å². The van der Waals surface area contributed by atoms with E-state index in [2.05, 4.69) is 9.97 Å². The molecule has 6 nitrogen and oxygen atoms in total. The van der Waals surface area contributed by atoms with Crippen LogP contribution in [0, 0.1) is 0 Å².